The van der Waals surface area contributed by atoms with Crippen LogP contribution < -0.4 is 0 Å². The third kappa shape index (κ3) is 2.54. The van der Waals surface area contributed by atoms with Crippen molar-refractivity contribution in [2.45, 2.75) is 51.9 Å². The first-order valence-electron chi connectivity index (χ1n) is 5.98. The first-order valence-corrected chi connectivity index (χ1v) is 5.98. The average molecular weight is 228 g/mol. The molecule has 0 bridgehead atoms. The molecule has 0 heterocycles. The second-order valence-electron chi connectivity index (χ2n) is 4.76. The van der Waals surface area contributed by atoms with E-state index in [1.165, 1.54) is 0 Å². The Morgan fingerprint density at radius 2 is 2.06 bits per heavy atom. The van der Waals surface area contributed by atoms with Crippen molar-refractivity contribution in [3.8, 4) is 0 Å². The highest BCUT2D eigenvalue weighted by molar-refractivity contribution is 5.82. The van der Waals surface area contributed by atoms with E-state index >= 15 is 0 Å². The highest BCUT2D eigenvalue weighted by Gasteiger charge is 2.49. The molecule has 0 radical (unpaired) electrons. The molecule has 4 heteroatoms. The number of hydrogen-bond donors (Lipinski definition) is 2. The van der Waals surface area contributed by atoms with E-state index in [0.717, 1.165) is 32.1 Å². The summed E-state index contributed by atoms with van der Waals surface area (Å²) in [4.78, 5) is 22.2. The minimum Gasteiger partial charge on any atom is -0.481 e. The summed E-state index contributed by atoms with van der Waals surface area (Å²) in [5.74, 6) is -1.87. The molecule has 0 aromatic carbocycles. The molecule has 2 unspecified atom stereocenters. The van der Waals surface area contributed by atoms with Crippen LogP contribution in [0.3, 0.4) is 0 Å². The number of carboxylic acid groups (broad SMARTS) is 2. The molecule has 4 nitrogen and oxygen atoms in total. The van der Waals surface area contributed by atoms with Crippen LogP contribution in [0, 0.1) is 11.3 Å². The maximum absolute atomic E-state index is 11.4. The summed E-state index contributed by atoms with van der Waals surface area (Å²) in [6.07, 6.45) is 4.85. The number of unbranched alkanes of at least 4 members (excludes halogenated alkanes) is 1. The van der Waals surface area contributed by atoms with Crippen LogP contribution >= 0.6 is 0 Å². The fourth-order valence-corrected chi connectivity index (χ4v) is 2.88. The van der Waals surface area contributed by atoms with Crippen molar-refractivity contribution in [3.63, 3.8) is 0 Å². The zero-order chi connectivity index (χ0) is 12.2. The molecule has 1 aliphatic rings. The van der Waals surface area contributed by atoms with E-state index in [-0.39, 0.29) is 12.3 Å². The molecule has 0 amide bonds. The lowest BCUT2D eigenvalue weighted by Gasteiger charge is -2.29. The summed E-state index contributed by atoms with van der Waals surface area (Å²) in [6, 6.07) is 0. The molecule has 16 heavy (non-hydrogen) atoms. The quantitative estimate of drug-likeness (QED) is 0.732. The van der Waals surface area contributed by atoms with Crippen LogP contribution in [0.15, 0.2) is 0 Å². The third-order valence-electron chi connectivity index (χ3n) is 3.76. The van der Waals surface area contributed by atoms with Gasteiger partial charge in [0.25, 0.3) is 0 Å². The van der Waals surface area contributed by atoms with Crippen LogP contribution in [0.5, 0.6) is 0 Å². The number of carboxylic acids is 2. The first-order chi connectivity index (χ1) is 7.53. The van der Waals surface area contributed by atoms with Crippen molar-refractivity contribution >= 4 is 11.9 Å². The van der Waals surface area contributed by atoms with E-state index in [0.29, 0.717) is 6.42 Å². The lowest BCUT2D eigenvalue weighted by atomic mass is 9.73. The molecule has 1 aliphatic carbocycles. The summed E-state index contributed by atoms with van der Waals surface area (Å²) in [5.41, 5.74) is -0.999. The molecule has 1 saturated carbocycles. The zero-order valence-corrected chi connectivity index (χ0v) is 9.74. The van der Waals surface area contributed by atoms with Gasteiger partial charge in [-0.25, -0.2) is 0 Å². The van der Waals surface area contributed by atoms with E-state index in [1.54, 1.807) is 0 Å². The van der Waals surface area contributed by atoms with E-state index in [4.69, 9.17) is 5.11 Å². The fraction of sp³-hybridized carbons (Fsp3) is 0.833. The molecule has 2 atom stereocenters. The second kappa shape index (κ2) is 5.32. The highest BCUT2D eigenvalue weighted by Crippen LogP contribution is 2.48. The molecule has 0 aliphatic heterocycles. The van der Waals surface area contributed by atoms with Gasteiger partial charge >= 0.3 is 11.9 Å². The average Bonchev–Trinajstić information content (AvgIpc) is 2.58. The van der Waals surface area contributed by atoms with Gasteiger partial charge < -0.3 is 10.2 Å². The largest absolute Gasteiger partial charge is 0.481 e. The van der Waals surface area contributed by atoms with Crippen LogP contribution in [0.4, 0.5) is 0 Å². The SMILES string of the molecule is CCCCC1CCCC1(CC(=O)O)C(=O)O. The summed E-state index contributed by atoms with van der Waals surface area (Å²) in [6.45, 7) is 2.06. The van der Waals surface area contributed by atoms with Crippen molar-refractivity contribution in [3.05, 3.63) is 0 Å². The van der Waals surface area contributed by atoms with Gasteiger partial charge in [-0.3, -0.25) is 9.59 Å². The minimum atomic E-state index is -0.999. The Kier molecular flexibility index (Phi) is 4.33. The first kappa shape index (κ1) is 13.0. The van der Waals surface area contributed by atoms with Crippen LogP contribution in [0.2, 0.25) is 0 Å². The van der Waals surface area contributed by atoms with Crippen molar-refractivity contribution < 1.29 is 19.8 Å². The molecular weight excluding hydrogens is 208 g/mol. The van der Waals surface area contributed by atoms with Crippen LogP contribution in [0.25, 0.3) is 0 Å². The Hall–Kier alpha value is -1.06. The minimum absolute atomic E-state index is 0.0426. The standard InChI is InChI=1S/C12H20O4/c1-2-3-5-9-6-4-7-12(9,11(15)16)8-10(13)14/h9H,2-8H2,1H3,(H,13,14)(H,15,16). The summed E-state index contributed by atoms with van der Waals surface area (Å²) < 4.78 is 0. The maximum Gasteiger partial charge on any atom is 0.310 e. The van der Waals surface area contributed by atoms with Gasteiger partial charge in [-0.05, 0) is 25.2 Å². The van der Waals surface area contributed by atoms with Crippen molar-refractivity contribution in [1.82, 2.24) is 0 Å². The highest BCUT2D eigenvalue weighted by atomic mass is 16.4. The maximum atomic E-state index is 11.4. The van der Waals surface area contributed by atoms with Gasteiger partial charge in [0.1, 0.15) is 0 Å². The molecule has 92 valence electrons. The zero-order valence-electron chi connectivity index (χ0n) is 9.74. The summed E-state index contributed by atoms with van der Waals surface area (Å²) in [7, 11) is 0. The van der Waals surface area contributed by atoms with Gasteiger partial charge in [0.2, 0.25) is 0 Å². The van der Waals surface area contributed by atoms with Gasteiger partial charge in [0.15, 0.2) is 0 Å². The molecule has 0 saturated heterocycles. The van der Waals surface area contributed by atoms with Crippen molar-refractivity contribution in [2.24, 2.45) is 11.3 Å². The van der Waals surface area contributed by atoms with Gasteiger partial charge in [-0.1, -0.05) is 26.2 Å². The molecule has 0 aromatic heterocycles. The topological polar surface area (TPSA) is 74.6 Å². The molecule has 1 fully saturated rings. The van der Waals surface area contributed by atoms with Crippen molar-refractivity contribution in [2.75, 3.05) is 0 Å². The third-order valence-corrected chi connectivity index (χ3v) is 3.76. The fourth-order valence-electron chi connectivity index (χ4n) is 2.88. The Morgan fingerprint density at radius 3 is 2.56 bits per heavy atom. The molecule has 2 N–H and O–H groups in total. The summed E-state index contributed by atoms with van der Waals surface area (Å²) in [5, 5.41) is 18.2. The summed E-state index contributed by atoms with van der Waals surface area (Å²) >= 11 is 0. The number of hydrogen-bond acceptors (Lipinski definition) is 2. The van der Waals surface area contributed by atoms with Gasteiger partial charge in [0, 0.05) is 0 Å². The number of carbonyl (C=O) groups is 2. The number of rotatable bonds is 6. The van der Waals surface area contributed by atoms with Crippen LogP contribution in [0.1, 0.15) is 51.9 Å². The molecule has 1 rings (SSSR count). The number of aliphatic carboxylic acids is 2. The van der Waals surface area contributed by atoms with Gasteiger partial charge in [-0.15, -0.1) is 0 Å². The normalized spacial score (nSPS) is 29.2. The van der Waals surface area contributed by atoms with Gasteiger partial charge in [0.05, 0.1) is 11.8 Å². The van der Waals surface area contributed by atoms with Crippen LogP contribution in [-0.4, -0.2) is 22.2 Å². The Labute approximate surface area is 95.7 Å². The monoisotopic (exact) mass is 228 g/mol. The van der Waals surface area contributed by atoms with Crippen molar-refractivity contribution in [1.29, 1.82) is 0 Å². The predicted molar refractivity (Wildman–Crippen MR) is 59.2 cm³/mol. The molecule has 0 spiro atoms. The lowest BCUT2D eigenvalue weighted by Crippen LogP contribution is -2.37. The van der Waals surface area contributed by atoms with E-state index in [9.17, 15) is 14.7 Å². The molecule has 0 aromatic rings. The Bertz CT molecular complexity index is 274. The second-order valence-corrected chi connectivity index (χ2v) is 4.76. The predicted octanol–water partition coefficient (Wildman–Crippen LogP) is 2.52. The lowest BCUT2D eigenvalue weighted by molar-refractivity contribution is -0.158. The molecular formula is C12H20O4. The van der Waals surface area contributed by atoms with Gasteiger partial charge in [-0.2, -0.15) is 0 Å². The van der Waals surface area contributed by atoms with E-state index < -0.39 is 17.4 Å². The Balaban J connectivity index is 2.80. The van der Waals surface area contributed by atoms with E-state index in [2.05, 4.69) is 6.92 Å². The van der Waals surface area contributed by atoms with Crippen LogP contribution in [-0.2, 0) is 9.59 Å². The van der Waals surface area contributed by atoms with E-state index in [1.807, 2.05) is 0 Å². The Morgan fingerprint density at radius 1 is 1.38 bits per heavy atom. The smallest absolute Gasteiger partial charge is 0.310 e.